The monoisotopic (exact) mass is 281 g/mol. The van der Waals surface area contributed by atoms with Crippen LogP contribution in [0.2, 0.25) is 0 Å². The highest BCUT2D eigenvalue weighted by Gasteiger charge is 2.09. The van der Waals surface area contributed by atoms with E-state index in [1.807, 2.05) is 31.2 Å². The van der Waals surface area contributed by atoms with Crippen molar-refractivity contribution >= 4 is 22.5 Å². The zero-order chi connectivity index (χ0) is 14.8. The van der Waals surface area contributed by atoms with Gasteiger partial charge in [0.1, 0.15) is 5.75 Å². The predicted octanol–water partition coefficient (Wildman–Crippen LogP) is 3.13. The first-order valence-corrected chi connectivity index (χ1v) is 6.56. The SMILES string of the molecule is COc1cc(C(=O)Nc2ccc3[nH]ncc3c2)ccc1C. The average molecular weight is 281 g/mol. The molecule has 1 aromatic heterocycles. The lowest BCUT2D eigenvalue weighted by Gasteiger charge is -2.08. The number of benzene rings is 2. The van der Waals surface area contributed by atoms with Crippen LogP contribution < -0.4 is 10.1 Å². The first-order chi connectivity index (χ1) is 10.2. The molecule has 0 saturated heterocycles. The van der Waals surface area contributed by atoms with Crippen LogP contribution in [0.3, 0.4) is 0 Å². The number of rotatable bonds is 3. The van der Waals surface area contributed by atoms with E-state index in [0.717, 1.165) is 22.2 Å². The number of methoxy groups -OCH3 is 1. The molecule has 0 aliphatic heterocycles. The highest BCUT2D eigenvalue weighted by Crippen LogP contribution is 2.21. The van der Waals surface area contributed by atoms with Gasteiger partial charge in [-0.15, -0.1) is 0 Å². The number of fused-ring (bicyclic) bond motifs is 1. The number of amides is 1. The number of nitrogens with zero attached hydrogens (tertiary/aromatic N) is 1. The van der Waals surface area contributed by atoms with Crippen LogP contribution in [0, 0.1) is 6.92 Å². The number of aryl methyl sites for hydroxylation is 1. The van der Waals surface area contributed by atoms with Gasteiger partial charge in [0.05, 0.1) is 18.8 Å². The smallest absolute Gasteiger partial charge is 0.255 e. The minimum absolute atomic E-state index is 0.170. The molecule has 3 aromatic rings. The molecule has 0 saturated carbocycles. The summed E-state index contributed by atoms with van der Waals surface area (Å²) in [6, 6.07) is 11.0. The van der Waals surface area contributed by atoms with Gasteiger partial charge in [-0.25, -0.2) is 0 Å². The summed E-state index contributed by atoms with van der Waals surface area (Å²) in [4.78, 5) is 12.3. The van der Waals surface area contributed by atoms with E-state index in [9.17, 15) is 4.79 Å². The summed E-state index contributed by atoms with van der Waals surface area (Å²) in [5.41, 5.74) is 3.22. The molecule has 106 valence electrons. The molecule has 0 spiro atoms. The van der Waals surface area contributed by atoms with Crippen LogP contribution in [0.15, 0.2) is 42.6 Å². The van der Waals surface area contributed by atoms with Gasteiger partial charge in [-0.2, -0.15) is 5.10 Å². The summed E-state index contributed by atoms with van der Waals surface area (Å²) in [6.45, 7) is 1.94. The lowest BCUT2D eigenvalue weighted by atomic mass is 10.1. The average Bonchev–Trinajstić information content (AvgIpc) is 2.95. The van der Waals surface area contributed by atoms with Gasteiger partial charge >= 0.3 is 0 Å². The van der Waals surface area contributed by atoms with Crippen LogP contribution in [0.5, 0.6) is 5.75 Å². The van der Waals surface area contributed by atoms with E-state index < -0.39 is 0 Å². The number of hydrogen-bond acceptors (Lipinski definition) is 3. The molecule has 5 nitrogen and oxygen atoms in total. The van der Waals surface area contributed by atoms with Crippen molar-refractivity contribution in [2.24, 2.45) is 0 Å². The molecule has 0 bridgehead atoms. The third-order valence-electron chi connectivity index (χ3n) is 3.37. The molecule has 21 heavy (non-hydrogen) atoms. The molecule has 1 amide bonds. The number of nitrogens with one attached hydrogen (secondary N) is 2. The molecule has 5 heteroatoms. The van der Waals surface area contributed by atoms with E-state index in [4.69, 9.17) is 4.74 Å². The predicted molar refractivity (Wildman–Crippen MR) is 81.8 cm³/mol. The van der Waals surface area contributed by atoms with E-state index in [0.29, 0.717) is 11.3 Å². The quantitative estimate of drug-likeness (QED) is 0.775. The van der Waals surface area contributed by atoms with E-state index in [1.165, 1.54) is 0 Å². The van der Waals surface area contributed by atoms with Crippen molar-refractivity contribution in [2.75, 3.05) is 12.4 Å². The number of carbonyl (C=O) groups is 1. The van der Waals surface area contributed by atoms with Gasteiger partial charge in [0.25, 0.3) is 5.91 Å². The van der Waals surface area contributed by atoms with E-state index in [1.54, 1.807) is 25.4 Å². The zero-order valence-corrected chi connectivity index (χ0v) is 11.8. The van der Waals surface area contributed by atoms with Crippen molar-refractivity contribution in [3.05, 3.63) is 53.7 Å². The number of aromatic amines is 1. The first-order valence-electron chi connectivity index (χ1n) is 6.56. The molecular formula is C16H15N3O2. The third kappa shape index (κ3) is 2.58. The molecule has 0 unspecified atom stereocenters. The molecule has 0 aliphatic carbocycles. The molecule has 3 rings (SSSR count). The third-order valence-corrected chi connectivity index (χ3v) is 3.37. The van der Waals surface area contributed by atoms with Gasteiger partial charge in [0.15, 0.2) is 0 Å². The number of anilines is 1. The molecule has 0 atom stereocenters. The first kappa shape index (κ1) is 13.2. The maximum atomic E-state index is 12.3. The standard InChI is InChI=1S/C16H15N3O2/c1-10-3-4-11(8-15(10)21-2)16(20)18-13-5-6-14-12(7-13)9-17-19-14/h3-9H,1-2H3,(H,17,19)(H,18,20). The van der Waals surface area contributed by atoms with Gasteiger partial charge < -0.3 is 10.1 Å². The second-order valence-corrected chi connectivity index (χ2v) is 4.81. The Bertz CT molecular complexity index is 808. The topological polar surface area (TPSA) is 67.0 Å². The molecular weight excluding hydrogens is 266 g/mol. The van der Waals surface area contributed by atoms with Crippen LogP contribution in [0.1, 0.15) is 15.9 Å². The summed E-state index contributed by atoms with van der Waals surface area (Å²) >= 11 is 0. The van der Waals surface area contributed by atoms with E-state index >= 15 is 0 Å². The summed E-state index contributed by atoms with van der Waals surface area (Å²) in [6.07, 6.45) is 1.72. The molecule has 1 heterocycles. The minimum atomic E-state index is -0.170. The second-order valence-electron chi connectivity index (χ2n) is 4.81. The maximum Gasteiger partial charge on any atom is 0.255 e. The number of hydrogen-bond donors (Lipinski definition) is 2. The van der Waals surface area contributed by atoms with E-state index in [2.05, 4.69) is 15.5 Å². The Balaban J connectivity index is 1.85. The van der Waals surface area contributed by atoms with Crippen LogP contribution >= 0.6 is 0 Å². The Morgan fingerprint density at radius 2 is 2.10 bits per heavy atom. The largest absolute Gasteiger partial charge is 0.496 e. The Kier molecular flexibility index (Phi) is 3.31. The fourth-order valence-corrected chi connectivity index (χ4v) is 2.18. The van der Waals surface area contributed by atoms with Crippen LogP contribution in [-0.2, 0) is 0 Å². The number of carbonyl (C=O) groups excluding carboxylic acids is 1. The van der Waals surface area contributed by atoms with Gasteiger partial charge in [0.2, 0.25) is 0 Å². The lowest BCUT2D eigenvalue weighted by Crippen LogP contribution is -2.12. The van der Waals surface area contributed by atoms with E-state index in [-0.39, 0.29) is 5.91 Å². The molecule has 2 aromatic carbocycles. The molecule has 0 radical (unpaired) electrons. The molecule has 2 N–H and O–H groups in total. The molecule has 0 fully saturated rings. The normalized spacial score (nSPS) is 10.6. The fraction of sp³-hybridized carbons (Fsp3) is 0.125. The van der Waals surface area contributed by atoms with Crippen molar-refractivity contribution in [3.8, 4) is 5.75 Å². The number of ether oxygens (including phenoxy) is 1. The Hall–Kier alpha value is -2.82. The Labute approximate surface area is 121 Å². The summed E-state index contributed by atoms with van der Waals surface area (Å²) in [5, 5.41) is 10.7. The van der Waals surface area contributed by atoms with Crippen molar-refractivity contribution in [1.82, 2.24) is 10.2 Å². The van der Waals surface area contributed by atoms with Gasteiger partial charge in [0, 0.05) is 16.6 Å². The van der Waals surface area contributed by atoms with Crippen molar-refractivity contribution in [2.45, 2.75) is 6.92 Å². The van der Waals surface area contributed by atoms with Crippen molar-refractivity contribution in [1.29, 1.82) is 0 Å². The molecule has 0 aliphatic rings. The maximum absolute atomic E-state index is 12.3. The Morgan fingerprint density at radius 1 is 1.24 bits per heavy atom. The summed E-state index contributed by atoms with van der Waals surface area (Å²) in [5.74, 6) is 0.532. The van der Waals surface area contributed by atoms with Crippen LogP contribution in [0.4, 0.5) is 5.69 Å². The van der Waals surface area contributed by atoms with Gasteiger partial charge in [-0.1, -0.05) is 6.07 Å². The van der Waals surface area contributed by atoms with Crippen LogP contribution in [0.25, 0.3) is 10.9 Å². The summed E-state index contributed by atoms with van der Waals surface area (Å²) in [7, 11) is 1.59. The fourth-order valence-electron chi connectivity index (χ4n) is 2.18. The van der Waals surface area contributed by atoms with Gasteiger partial charge in [-0.05, 0) is 42.8 Å². The lowest BCUT2D eigenvalue weighted by molar-refractivity contribution is 0.102. The zero-order valence-electron chi connectivity index (χ0n) is 11.8. The highest BCUT2D eigenvalue weighted by molar-refractivity contribution is 6.05. The number of aromatic nitrogens is 2. The van der Waals surface area contributed by atoms with Crippen molar-refractivity contribution < 1.29 is 9.53 Å². The number of H-pyrrole nitrogens is 1. The van der Waals surface area contributed by atoms with Crippen LogP contribution in [-0.4, -0.2) is 23.2 Å². The van der Waals surface area contributed by atoms with Crippen molar-refractivity contribution in [3.63, 3.8) is 0 Å². The Morgan fingerprint density at radius 3 is 2.90 bits per heavy atom. The van der Waals surface area contributed by atoms with Gasteiger partial charge in [-0.3, -0.25) is 9.89 Å². The highest BCUT2D eigenvalue weighted by atomic mass is 16.5. The second kappa shape index (κ2) is 5.28. The minimum Gasteiger partial charge on any atom is -0.496 e. The summed E-state index contributed by atoms with van der Waals surface area (Å²) < 4.78 is 5.24.